The lowest BCUT2D eigenvalue weighted by molar-refractivity contribution is -0.116. The van der Waals surface area contributed by atoms with Gasteiger partial charge in [0, 0.05) is 24.5 Å². The highest BCUT2D eigenvalue weighted by Crippen LogP contribution is 2.29. The molecule has 8 heteroatoms. The van der Waals surface area contributed by atoms with Crippen LogP contribution in [0.25, 0.3) is 27.4 Å². The van der Waals surface area contributed by atoms with E-state index in [1.54, 1.807) is 36.5 Å². The van der Waals surface area contributed by atoms with Crippen molar-refractivity contribution in [3.8, 4) is 22.5 Å². The number of alkyl halides is 2. The van der Waals surface area contributed by atoms with Crippen LogP contribution < -0.4 is 5.32 Å². The average molecular weight is 379 g/mol. The van der Waals surface area contributed by atoms with E-state index < -0.39 is 6.55 Å². The van der Waals surface area contributed by atoms with Gasteiger partial charge in [-0.3, -0.25) is 9.78 Å². The van der Waals surface area contributed by atoms with Gasteiger partial charge in [-0.2, -0.15) is 13.9 Å². The molecule has 2 heterocycles. The Bertz CT molecular complexity index is 1050. The summed E-state index contributed by atoms with van der Waals surface area (Å²) in [6.07, 6.45) is 3.90. The van der Waals surface area contributed by atoms with Gasteiger partial charge in [-0.25, -0.2) is 9.53 Å². The Morgan fingerprint density at radius 1 is 1.29 bits per heavy atom. The van der Waals surface area contributed by atoms with Gasteiger partial charge < -0.3 is 5.32 Å². The normalized spacial score (nSPS) is 10.5. The number of nitrogens with zero attached hydrogens (tertiary/aromatic N) is 4. The fraction of sp³-hybridized carbons (Fsp3) is 0.100. The van der Waals surface area contributed by atoms with Crippen LogP contribution in [0.15, 0.2) is 61.4 Å². The summed E-state index contributed by atoms with van der Waals surface area (Å²) in [5.74, 6) is -0.358. The van der Waals surface area contributed by atoms with Gasteiger partial charge >= 0.3 is 6.55 Å². The summed E-state index contributed by atoms with van der Waals surface area (Å²) >= 11 is 0. The molecule has 0 fully saturated rings. The molecule has 0 atom stereocenters. The summed E-state index contributed by atoms with van der Waals surface area (Å²) in [5.41, 5.74) is 3.40. The highest BCUT2D eigenvalue weighted by Gasteiger charge is 2.14. The summed E-state index contributed by atoms with van der Waals surface area (Å²) in [7, 11) is 0. The van der Waals surface area contributed by atoms with E-state index in [1.807, 2.05) is 0 Å². The number of halogens is 2. The van der Waals surface area contributed by atoms with Crippen molar-refractivity contribution in [2.24, 2.45) is 0 Å². The quantitative estimate of drug-likeness (QED) is 0.511. The topological polar surface area (TPSA) is 64.2 Å². The summed E-state index contributed by atoms with van der Waals surface area (Å²) in [6, 6.07) is 10.1. The molecule has 3 aromatic rings. The molecule has 0 spiro atoms. The number of carbonyl (C=O) groups excluding carboxylic acids is 1. The van der Waals surface area contributed by atoms with Crippen molar-refractivity contribution in [3.63, 3.8) is 0 Å². The summed E-state index contributed by atoms with van der Waals surface area (Å²) < 4.78 is 26.4. The van der Waals surface area contributed by atoms with Gasteiger partial charge in [-0.1, -0.05) is 30.8 Å². The van der Waals surface area contributed by atoms with Crippen LogP contribution in [-0.4, -0.2) is 20.7 Å². The molecule has 3 rings (SSSR count). The maximum absolute atomic E-state index is 12.9. The zero-order valence-electron chi connectivity index (χ0n) is 14.6. The molecule has 0 radical (unpaired) electrons. The molecule has 140 valence electrons. The number of carbonyl (C=O) groups is 1. The molecule has 0 saturated heterocycles. The minimum atomic E-state index is -2.75. The van der Waals surface area contributed by atoms with Gasteiger partial charge in [-0.05, 0) is 29.3 Å². The Labute approximate surface area is 160 Å². The molecule has 1 aromatic carbocycles. The van der Waals surface area contributed by atoms with Gasteiger partial charge in [0.05, 0.1) is 18.0 Å². The van der Waals surface area contributed by atoms with Crippen molar-refractivity contribution in [1.82, 2.24) is 20.1 Å². The van der Waals surface area contributed by atoms with E-state index in [9.17, 15) is 13.6 Å². The molecule has 1 N–H and O–H groups in total. The van der Waals surface area contributed by atoms with Gasteiger partial charge in [0.2, 0.25) is 5.91 Å². The van der Waals surface area contributed by atoms with Crippen molar-refractivity contribution < 1.29 is 13.6 Å². The first-order chi connectivity index (χ1) is 13.5. The van der Waals surface area contributed by atoms with Gasteiger partial charge in [0.25, 0.3) is 0 Å². The van der Waals surface area contributed by atoms with Crippen LogP contribution in [0.1, 0.15) is 12.1 Å². The number of nitrogens with one attached hydrogen (secondary N) is 1. The molecule has 6 nitrogen and oxygen atoms in total. The molecule has 2 aromatic heterocycles. The number of benzene rings is 1. The van der Waals surface area contributed by atoms with Gasteiger partial charge in [0.1, 0.15) is 0 Å². The van der Waals surface area contributed by atoms with E-state index in [-0.39, 0.29) is 12.5 Å². The van der Waals surface area contributed by atoms with Crippen LogP contribution in [-0.2, 0) is 11.3 Å². The smallest absolute Gasteiger partial charge is 0.333 e. The first-order valence-corrected chi connectivity index (χ1v) is 8.22. The third-order valence-corrected chi connectivity index (χ3v) is 4.00. The van der Waals surface area contributed by atoms with E-state index in [2.05, 4.69) is 26.8 Å². The number of pyridine rings is 1. The molecule has 0 bridgehead atoms. The number of rotatable bonds is 6. The Morgan fingerprint density at radius 3 is 2.64 bits per heavy atom. The standard InChI is InChI=1S/C20H15F2N5O/c1-3-19(28)25-12-14-11-24-18(13-4-6-15(23-2)7-5-13)10-16(14)17-8-9-27(26-17)20(21)22/h3-11,20H,1,12H2,(H,25,28). The lowest BCUT2D eigenvalue weighted by atomic mass is 10.0. The lowest BCUT2D eigenvalue weighted by Crippen LogP contribution is -2.20. The maximum atomic E-state index is 12.9. The molecule has 0 aliphatic carbocycles. The van der Waals surface area contributed by atoms with Crippen LogP contribution in [0.5, 0.6) is 0 Å². The highest BCUT2D eigenvalue weighted by molar-refractivity contribution is 5.87. The largest absolute Gasteiger partial charge is 0.348 e. The van der Waals surface area contributed by atoms with Crippen molar-refractivity contribution in [1.29, 1.82) is 0 Å². The van der Waals surface area contributed by atoms with Crippen LogP contribution >= 0.6 is 0 Å². The van der Waals surface area contributed by atoms with Crippen molar-refractivity contribution in [2.45, 2.75) is 13.1 Å². The Kier molecular flexibility index (Phi) is 5.56. The van der Waals surface area contributed by atoms with E-state index in [4.69, 9.17) is 6.57 Å². The number of aromatic nitrogens is 3. The summed E-state index contributed by atoms with van der Waals surface area (Å²) in [6.45, 7) is 7.81. The average Bonchev–Trinajstić information content (AvgIpc) is 3.22. The fourth-order valence-corrected chi connectivity index (χ4v) is 2.57. The lowest BCUT2D eigenvalue weighted by Gasteiger charge is -2.11. The Hall–Kier alpha value is -3.86. The molecule has 0 aliphatic heterocycles. The van der Waals surface area contributed by atoms with Gasteiger partial charge in [0.15, 0.2) is 5.69 Å². The third kappa shape index (κ3) is 4.10. The zero-order valence-corrected chi connectivity index (χ0v) is 14.6. The zero-order chi connectivity index (χ0) is 20.1. The predicted molar refractivity (Wildman–Crippen MR) is 100 cm³/mol. The molecular formula is C20H15F2N5O. The maximum Gasteiger partial charge on any atom is 0.333 e. The SMILES string of the molecule is [C-]#[N+]c1ccc(-c2cc(-c3ccn(C(F)F)n3)c(CNC(=O)C=C)cn2)cc1. The van der Waals surface area contributed by atoms with E-state index in [0.29, 0.717) is 32.9 Å². The number of hydrogen-bond acceptors (Lipinski definition) is 3. The Morgan fingerprint density at radius 2 is 2.04 bits per heavy atom. The minimum Gasteiger partial charge on any atom is -0.348 e. The Balaban J connectivity index is 2.03. The fourth-order valence-electron chi connectivity index (χ4n) is 2.57. The molecule has 0 unspecified atom stereocenters. The second-order valence-corrected chi connectivity index (χ2v) is 5.77. The highest BCUT2D eigenvalue weighted by atomic mass is 19.3. The van der Waals surface area contributed by atoms with Crippen molar-refractivity contribution in [2.75, 3.05) is 0 Å². The monoisotopic (exact) mass is 379 g/mol. The van der Waals surface area contributed by atoms with Crippen LogP contribution in [0.2, 0.25) is 0 Å². The van der Waals surface area contributed by atoms with E-state index in [1.165, 1.54) is 12.3 Å². The first kappa shape index (κ1) is 18.9. The van der Waals surface area contributed by atoms with Crippen LogP contribution in [0.4, 0.5) is 14.5 Å². The van der Waals surface area contributed by atoms with Crippen molar-refractivity contribution in [3.05, 3.63) is 78.4 Å². The molecule has 0 aliphatic rings. The van der Waals surface area contributed by atoms with Crippen molar-refractivity contribution >= 4 is 11.6 Å². The van der Waals surface area contributed by atoms with Crippen LogP contribution in [0, 0.1) is 6.57 Å². The first-order valence-electron chi connectivity index (χ1n) is 8.22. The summed E-state index contributed by atoms with van der Waals surface area (Å²) in [4.78, 5) is 19.2. The third-order valence-electron chi connectivity index (χ3n) is 4.00. The molecule has 28 heavy (non-hydrogen) atoms. The summed E-state index contributed by atoms with van der Waals surface area (Å²) in [5, 5.41) is 6.57. The molecule has 1 amide bonds. The van der Waals surface area contributed by atoms with E-state index >= 15 is 0 Å². The van der Waals surface area contributed by atoms with Gasteiger partial charge in [-0.15, -0.1) is 0 Å². The molecule has 0 saturated carbocycles. The second-order valence-electron chi connectivity index (χ2n) is 5.77. The minimum absolute atomic E-state index is 0.145. The second kappa shape index (κ2) is 8.22. The van der Waals surface area contributed by atoms with Crippen LogP contribution in [0.3, 0.4) is 0 Å². The number of amides is 1. The molecular weight excluding hydrogens is 364 g/mol. The van der Waals surface area contributed by atoms with E-state index in [0.717, 1.165) is 11.6 Å². The number of hydrogen-bond donors (Lipinski definition) is 1. The predicted octanol–water partition coefficient (Wildman–Crippen LogP) is 4.36.